The van der Waals surface area contributed by atoms with Crippen molar-refractivity contribution in [2.75, 3.05) is 7.11 Å². The number of carbonyl (C=O) groups is 3. The van der Waals surface area contributed by atoms with Gasteiger partial charge in [0.05, 0.1) is 12.7 Å². The van der Waals surface area contributed by atoms with E-state index in [2.05, 4.69) is 6.58 Å². The fraction of sp³-hybridized carbons (Fsp3) is 0.609. The highest BCUT2D eigenvalue weighted by Crippen LogP contribution is 2.54. The second-order valence-corrected chi connectivity index (χ2v) is 9.30. The molecule has 1 aromatic heterocycles. The standard InChI is InChI=1S/C23H28O10/c1-10(2)12-6-14-13(20(26)29-5)8-15(31-14)18(25)22(4,28)9-16-19-23(33-19,21(27)32-16)17(7-12)30-11(3)24/h8,12,16-19,25,28H,1,6-7,9H2,2-5H3/t12-,16-,17+,18+,19-,22-,23-/m0/s1. The zero-order valence-electron chi connectivity index (χ0n) is 19.0. The van der Waals surface area contributed by atoms with Crippen LogP contribution in [0.3, 0.4) is 0 Å². The van der Waals surface area contributed by atoms with Crippen LogP contribution in [0.15, 0.2) is 22.6 Å². The van der Waals surface area contributed by atoms with E-state index < -0.39 is 53.5 Å². The van der Waals surface area contributed by atoms with E-state index in [-0.39, 0.29) is 42.3 Å². The van der Waals surface area contributed by atoms with E-state index in [1.165, 1.54) is 27.0 Å². The molecule has 0 amide bonds. The third kappa shape index (κ3) is 3.85. The first-order valence-electron chi connectivity index (χ1n) is 10.7. The summed E-state index contributed by atoms with van der Waals surface area (Å²) >= 11 is 0. The van der Waals surface area contributed by atoms with Crippen LogP contribution in [0.25, 0.3) is 0 Å². The first-order valence-corrected chi connectivity index (χ1v) is 10.7. The lowest BCUT2D eigenvalue weighted by molar-refractivity contribution is -0.169. The summed E-state index contributed by atoms with van der Waals surface area (Å²) in [7, 11) is 1.22. The average Bonchev–Trinajstić information content (AvgIpc) is 3.27. The number of carbonyl (C=O) groups excluding carboxylic acids is 3. The fourth-order valence-corrected chi connectivity index (χ4v) is 4.82. The third-order valence-electron chi connectivity index (χ3n) is 6.72. The highest BCUT2D eigenvalue weighted by atomic mass is 16.7. The van der Waals surface area contributed by atoms with E-state index in [4.69, 9.17) is 23.4 Å². The number of aliphatic hydroxyl groups is 2. The van der Waals surface area contributed by atoms with Crippen LogP contribution < -0.4 is 0 Å². The summed E-state index contributed by atoms with van der Waals surface area (Å²) in [4.78, 5) is 37.1. The molecule has 1 aromatic rings. The zero-order valence-corrected chi connectivity index (χ0v) is 19.0. The Morgan fingerprint density at radius 3 is 2.58 bits per heavy atom. The summed E-state index contributed by atoms with van der Waals surface area (Å²) in [5, 5.41) is 21.9. The van der Waals surface area contributed by atoms with Gasteiger partial charge in [-0.1, -0.05) is 12.2 Å². The van der Waals surface area contributed by atoms with Crippen molar-refractivity contribution in [1.82, 2.24) is 0 Å². The molecule has 3 aliphatic rings. The Morgan fingerprint density at radius 2 is 2.00 bits per heavy atom. The molecule has 33 heavy (non-hydrogen) atoms. The Hall–Kier alpha value is -2.69. The van der Waals surface area contributed by atoms with Gasteiger partial charge in [0, 0.05) is 19.8 Å². The number of allylic oxidation sites excluding steroid dienone is 1. The molecule has 4 rings (SSSR count). The number of hydrogen-bond donors (Lipinski definition) is 2. The molecule has 0 radical (unpaired) electrons. The Balaban J connectivity index is 1.82. The van der Waals surface area contributed by atoms with Gasteiger partial charge in [0.2, 0.25) is 5.60 Å². The number of rotatable bonds is 3. The molecule has 7 atom stereocenters. The van der Waals surface area contributed by atoms with E-state index in [9.17, 15) is 24.6 Å². The summed E-state index contributed by atoms with van der Waals surface area (Å²) in [5.41, 5.74) is -2.49. The second kappa shape index (κ2) is 7.96. The van der Waals surface area contributed by atoms with E-state index in [1.807, 2.05) is 0 Å². The molecule has 4 bridgehead atoms. The number of fused-ring (bicyclic) bond motifs is 2. The molecule has 2 N–H and O–H groups in total. The highest BCUT2D eigenvalue weighted by Gasteiger charge is 2.78. The van der Waals surface area contributed by atoms with Gasteiger partial charge in [-0.05, 0) is 32.3 Å². The number of methoxy groups -OCH3 is 1. The van der Waals surface area contributed by atoms with Crippen molar-refractivity contribution < 1.29 is 48.0 Å². The van der Waals surface area contributed by atoms with Crippen molar-refractivity contribution >= 4 is 17.9 Å². The van der Waals surface area contributed by atoms with Crippen LogP contribution in [-0.4, -0.2) is 64.7 Å². The monoisotopic (exact) mass is 464 g/mol. The van der Waals surface area contributed by atoms with Gasteiger partial charge in [0.25, 0.3) is 0 Å². The van der Waals surface area contributed by atoms with Crippen molar-refractivity contribution in [2.24, 2.45) is 5.92 Å². The van der Waals surface area contributed by atoms with Gasteiger partial charge < -0.3 is 33.6 Å². The molecule has 10 heteroatoms. The molecule has 0 unspecified atom stereocenters. The Bertz CT molecular complexity index is 1010. The molecular formula is C23H28O10. The number of aliphatic hydroxyl groups excluding tert-OH is 1. The molecular weight excluding hydrogens is 436 g/mol. The molecule has 0 aliphatic carbocycles. The van der Waals surface area contributed by atoms with Crippen LogP contribution in [0.1, 0.15) is 61.6 Å². The number of ether oxygens (including phenoxy) is 4. The summed E-state index contributed by atoms with van der Waals surface area (Å²) in [6.45, 7) is 8.38. The van der Waals surface area contributed by atoms with E-state index in [1.54, 1.807) is 6.92 Å². The number of hydrogen-bond acceptors (Lipinski definition) is 10. The van der Waals surface area contributed by atoms with Crippen molar-refractivity contribution in [2.45, 2.75) is 75.7 Å². The van der Waals surface area contributed by atoms with Crippen molar-refractivity contribution in [1.29, 1.82) is 0 Å². The molecule has 4 heterocycles. The maximum absolute atomic E-state index is 12.9. The van der Waals surface area contributed by atoms with Gasteiger partial charge in [-0.15, -0.1) is 0 Å². The Kier molecular flexibility index (Phi) is 5.66. The van der Waals surface area contributed by atoms with Crippen LogP contribution in [-0.2, 0) is 35.0 Å². The van der Waals surface area contributed by atoms with Crippen LogP contribution >= 0.6 is 0 Å². The minimum Gasteiger partial charge on any atom is -0.465 e. The maximum atomic E-state index is 12.9. The van der Waals surface area contributed by atoms with Crippen LogP contribution in [0.4, 0.5) is 0 Å². The lowest BCUT2D eigenvalue weighted by Crippen LogP contribution is -2.42. The summed E-state index contributed by atoms with van der Waals surface area (Å²) in [6, 6.07) is 1.34. The minimum absolute atomic E-state index is 0.0287. The lowest BCUT2D eigenvalue weighted by Gasteiger charge is -2.30. The van der Waals surface area contributed by atoms with Crippen molar-refractivity contribution in [3.8, 4) is 0 Å². The van der Waals surface area contributed by atoms with Gasteiger partial charge >= 0.3 is 17.9 Å². The Morgan fingerprint density at radius 1 is 1.30 bits per heavy atom. The number of furan rings is 1. The molecule has 3 aliphatic heterocycles. The highest BCUT2D eigenvalue weighted by molar-refractivity contribution is 5.90. The molecule has 0 spiro atoms. The van der Waals surface area contributed by atoms with Gasteiger partial charge in [-0.25, -0.2) is 9.59 Å². The van der Waals surface area contributed by atoms with Gasteiger partial charge in [0.1, 0.15) is 41.5 Å². The molecule has 2 fully saturated rings. The molecule has 2 saturated heterocycles. The zero-order chi connectivity index (χ0) is 24.3. The number of epoxide rings is 1. The largest absolute Gasteiger partial charge is 0.465 e. The Labute approximate surface area is 190 Å². The first kappa shape index (κ1) is 23.5. The molecule has 0 aromatic carbocycles. The third-order valence-corrected chi connectivity index (χ3v) is 6.72. The normalized spacial score (nSPS) is 37.5. The molecule has 0 saturated carbocycles. The predicted octanol–water partition coefficient (Wildman–Crippen LogP) is 1.37. The quantitative estimate of drug-likeness (QED) is 0.291. The summed E-state index contributed by atoms with van der Waals surface area (Å²) < 4.78 is 27.5. The van der Waals surface area contributed by atoms with E-state index in [0.717, 1.165) is 0 Å². The average molecular weight is 464 g/mol. The van der Waals surface area contributed by atoms with E-state index in [0.29, 0.717) is 5.57 Å². The topological polar surface area (TPSA) is 145 Å². The maximum Gasteiger partial charge on any atom is 0.345 e. The fourth-order valence-electron chi connectivity index (χ4n) is 4.82. The lowest BCUT2D eigenvalue weighted by atomic mass is 9.83. The second-order valence-electron chi connectivity index (χ2n) is 9.30. The van der Waals surface area contributed by atoms with Crippen LogP contribution in [0, 0.1) is 5.92 Å². The van der Waals surface area contributed by atoms with Gasteiger partial charge in [-0.2, -0.15) is 0 Å². The van der Waals surface area contributed by atoms with Crippen molar-refractivity contribution in [3.63, 3.8) is 0 Å². The van der Waals surface area contributed by atoms with Gasteiger partial charge in [0.15, 0.2) is 0 Å². The molecule has 10 nitrogen and oxygen atoms in total. The smallest absolute Gasteiger partial charge is 0.345 e. The predicted molar refractivity (Wildman–Crippen MR) is 110 cm³/mol. The minimum atomic E-state index is -1.80. The van der Waals surface area contributed by atoms with Crippen LogP contribution in [0.5, 0.6) is 0 Å². The number of esters is 3. The van der Waals surface area contributed by atoms with Crippen LogP contribution in [0.2, 0.25) is 0 Å². The van der Waals surface area contributed by atoms with E-state index >= 15 is 0 Å². The SMILES string of the molecule is C=C(C)[C@H]1Cc2oc(cc2C(=O)OC)[C@@H](O)[C@@](C)(O)C[C@@H]2OC(=O)[C@]3(O[C@@H]23)[C@H](OC(C)=O)C1. The summed E-state index contributed by atoms with van der Waals surface area (Å²) in [5.74, 6) is -2.14. The van der Waals surface area contributed by atoms with Crippen molar-refractivity contribution in [3.05, 3.63) is 35.3 Å². The molecule has 180 valence electrons. The summed E-state index contributed by atoms with van der Waals surface area (Å²) in [6.07, 6.45) is -4.00. The first-order chi connectivity index (χ1) is 15.4. The van der Waals surface area contributed by atoms with Gasteiger partial charge in [-0.3, -0.25) is 4.79 Å².